The van der Waals surface area contributed by atoms with Crippen molar-refractivity contribution >= 4 is 21.9 Å². The normalized spacial score (nSPS) is 20.3. The number of hydrogen-bond donors (Lipinski definition) is 0. The molecular formula is C24H28BrNO7. The first kappa shape index (κ1) is 23.5. The highest BCUT2D eigenvalue weighted by atomic mass is 79.9. The van der Waals surface area contributed by atoms with Crippen molar-refractivity contribution in [2.45, 2.75) is 32.4 Å². The Labute approximate surface area is 201 Å². The van der Waals surface area contributed by atoms with Crippen LogP contribution in [0.2, 0.25) is 0 Å². The second kappa shape index (κ2) is 9.30. The van der Waals surface area contributed by atoms with Gasteiger partial charge in [-0.05, 0) is 41.0 Å². The average molecular weight is 522 g/mol. The molecule has 3 aliphatic rings. The van der Waals surface area contributed by atoms with Crippen molar-refractivity contribution in [2.24, 2.45) is 0 Å². The second-order valence-electron chi connectivity index (χ2n) is 7.57. The molecule has 33 heavy (non-hydrogen) atoms. The van der Waals surface area contributed by atoms with Crippen LogP contribution < -0.4 is 23.7 Å². The van der Waals surface area contributed by atoms with Crippen molar-refractivity contribution in [3.8, 4) is 28.7 Å². The molecule has 5 rings (SSSR count). The molecule has 0 radical (unpaired) electrons. The predicted molar refractivity (Wildman–Crippen MR) is 125 cm³/mol. The van der Waals surface area contributed by atoms with E-state index in [1.807, 2.05) is 27.0 Å². The SMILES string of the molecule is CC.COc1ccc2c(c1OC)C(=O)OC2C1c2c(c(Br)c3c(c2OC)OCO3)CCN1C. The Bertz CT molecular complexity index is 1090. The van der Waals surface area contributed by atoms with Gasteiger partial charge in [-0.1, -0.05) is 19.9 Å². The molecule has 8 nitrogen and oxygen atoms in total. The molecule has 178 valence electrons. The third-order valence-electron chi connectivity index (χ3n) is 6.15. The van der Waals surface area contributed by atoms with Crippen molar-refractivity contribution in [1.29, 1.82) is 0 Å². The van der Waals surface area contributed by atoms with Gasteiger partial charge in [0, 0.05) is 17.7 Å². The molecule has 2 atom stereocenters. The molecular weight excluding hydrogens is 494 g/mol. The number of rotatable bonds is 4. The molecule has 9 heteroatoms. The van der Waals surface area contributed by atoms with Gasteiger partial charge in [0.15, 0.2) is 23.0 Å². The zero-order chi connectivity index (χ0) is 23.9. The van der Waals surface area contributed by atoms with Crippen molar-refractivity contribution in [3.63, 3.8) is 0 Å². The third kappa shape index (κ3) is 3.49. The summed E-state index contributed by atoms with van der Waals surface area (Å²) in [5.41, 5.74) is 3.14. The summed E-state index contributed by atoms with van der Waals surface area (Å²) in [6.45, 7) is 4.90. The van der Waals surface area contributed by atoms with Gasteiger partial charge in [0.2, 0.25) is 12.5 Å². The van der Waals surface area contributed by atoms with Gasteiger partial charge in [-0.25, -0.2) is 4.79 Å². The van der Waals surface area contributed by atoms with E-state index in [0.29, 0.717) is 34.3 Å². The van der Waals surface area contributed by atoms with Crippen LogP contribution in [0.3, 0.4) is 0 Å². The summed E-state index contributed by atoms with van der Waals surface area (Å²) in [5, 5.41) is 0. The molecule has 0 bridgehead atoms. The first-order valence-electron chi connectivity index (χ1n) is 10.9. The monoisotopic (exact) mass is 521 g/mol. The van der Waals surface area contributed by atoms with Crippen LogP contribution >= 0.6 is 15.9 Å². The van der Waals surface area contributed by atoms with Crippen LogP contribution in [0.25, 0.3) is 0 Å². The van der Waals surface area contributed by atoms with Crippen molar-refractivity contribution < 1.29 is 33.2 Å². The molecule has 0 fully saturated rings. The molecule has 2 unspecified atom stereocenters. The predicted octanol–water partition coefficient (Wildman–Crippen LogP) is 4.67. The summed E-state index contributed by atoms with van der Waals surface area (Å²) in [5.74, 6) is 2.24. The summed E-state index contributed by atoms with van der Waals surface area (Å²) in [4.78, 5) is 15.1. The first-order valence-corrected chi connectivity index (χ1v) is 11.6. The van der Waals surface area contributed by atoms with Crippen LogP contribution in [0.4, 0.5) is 0 Å². The maximum absolute atomic E-state index is 12.9. The van der Waals surface area contributed by atoms with E-state index >= 15 is 0 Å². The highest BCUT2D eigenvalue weighted by Crippen LogP contribution is 2.57. The summed E-state index contributed by atoms with van der Waals surface area (Å²) < 4.78 is 34.9. The molecule has 0 amide bonds. The Morgan fingerprint density at radius 1 is 1.03 bits per heavy atom. The minimum atomic E-state index is -0.549. The van der Waals surface area contributed by atoms with Gasteiger partial charge in [0.25, 0.3) is 0 Å². The number of esters is 1. The molecule has 0 spiro atoms. The number of hydrogen-bond acceptors (Lipinski definition) is 8. The van der Waals surface area contributed by atoms with E-state index in [0.717, 1.165) is 34.1 Å². The maximum Gasteiger partial charge on any atom is 0.343 e. The van der Waals surface area contributed by atoms with Gasteiger partial charge in [-0.15, -0.1) is 0 Å². The highest BCUT2D eigenvalue weighted by Gasteiger charge is 2.47. The van der Waals surface area contributed by atoms with E-state index in [-0.39, 0.29) is 12.8 Å². The van der Waals surface area contributed by atoms with Crippen LogP contribution in [0.5, 0.6) is 28.7 Å². The lowest BCUT2D eigenvalue weighted by Crippen LogP contribution is -2.36. The van der Waals surface area contributed by atoms with E-state index < -0.39 is 12.1 Å². The molecule has 0 aromatic heterocycles. The van der Waals surface area contributed by atoms with Gasteiger partial charge in [-0.2, -0.15) is 0 Å². The lowest BCUT2D eigenvalue weighted by atomic mass is 9.85. The van der Waals surface area contributed by atoms with Gasteiger partial charge >= 0.3 is 5.97 Å². The van der Waals surface area contributed by atoms with E-state index in [4.69, 9.17) is 28.4 Å². The van der Waals surface area contributed by atoms with Crippen LogP contribution in [0.1, 0.15) is 53.0 Å². The molecule has 2 aromatic carbocycles. The number of cyclic esters (lactones) is 1. The summed E-state index contributed by atoms with van der Waals surface area (Å²) >= 11 is 3.70. The molecule has 3 aliphatic heterocycles. The van der Waals surface area contributed by atoms with E-state index in [2.05, 4.69) is 20.8 Å². The number of carbonyl (C=O) groups is 1. The summed E-state index contributed by atoms with van der Waals surface area (Å²) in [6, 6.07) is 3.37. The van der Waals surface area contributed by atoms with Gasteiger partial charge in [0.1, 0.15) is 11.7 Å². The summed E-state index contributed by atoms with van der Waals surface area (Å²) in [6.07, 6.45) is 0.238. The van der Waals surface area contributed by atoms with Crippen LogP contribution in [-0.4, -0.2) is 52.6 Å². The number of carbonyl (C=O) groups excluding carboxylic acids is 1. The highest BCUT2D eigenvalue weighted by molar-refractivity contribution is 9.10. The molecule has 0 saturated carbocycles. The topological polar surface area (TPSA) is 75.7 Å². The Balaban J connectivity index is 0.00000126. The fraction of sp³-hybridized carbons (Fsp3) is 0.458. The lowest BCUT2D eigenvalue weighted by Gasteiger charge is -2.39. The van der Waals surface area contributed by atoms with E-state index in [1.54, 1.807) is 13.2 Å². The number of nitrogens with zero attached hydrogens (tertiary/aromatic N) is 1. The Kier molecular flexibility index (Phi) is 6.63. The minimum absolute atomic E-state index is 0.131. The number of likely N-dealkylation sites (N-methyl/N-ethyl adjacent to an activating group) is 1. The lowest BCUT2D eigenvalue weighted by molar-refractivity contribution is 0.00869. The van der Waals surface area contributed by atoms with Crippen molar-refractivity contribution in [2.75, 3.05) is 41.7 Å². The number of fused-ring (bicyclic) bond motifs is 3. The minimum Gasteiger partial charge on any atom is -0.493 e. The third-order valence-corrected chi connectivity index (χ3v) is 6.99. The molecule has 2 aromatic rings. The van der Waals surface area contributed by atoms with E-state index in [1.165, 1.54) is 14.2 Å². The standard InChI is InChI=1S/C22H22BrNO7.C2H6/c1-24-8-7-10-13(19(28-4)21-20(15(10)23)29-9-30-21)16(24)17-11-5-6-12(26-2)18(27-3)14(11)22(25)31-17;1-2/h5-6,16-17H,7-9H2,1-4H3;1-2H3. The van der Waals surface area contributed by atoms with E-state index in [9.17, 15) is 4.79 Å². The number of methoxy groups -OCH3 is 3. The molecule has 3 heterocycles. The summed E-state index contributed by atoms with van der Waals surface area (Å²) in [7, 11) is 6.68. The number of halogens is 1. The zero-order valence-corrected chi connectivity index (χ0v) is 21.2. The van der Waals surface area contributed by atoms with Gasteiger partial charge < -0.3 is 28.4 Å². The number of ether oxygens (including phenoxy) is 6. The average Bonchev–Trinajstić information content (AvgIpc) is 3.45. The van der Waals surface area contributed by atoms with Crippen molar-refractivity contribution in [3.05, 3.63) is 38.9 Å². The Morgan fingerprint density at radius 2 is 1.73 bits per heavy atom. The Hall–Kier alpha value is -2.65. The quantitative estimate of drug-likeness (QED) is 0.537. The second-order valence-corrected chi connectivity index (χ2v) is 8.36. The van der Waals surface area contributed by atoms with Gasteiger partial charge in [0.05, 0.1) is 31.8 Å². The van der Waals surface area contributed by atoms with Crippen molar-refractivity contribution in [1.82, 2.24) is 4.90 Å². The van der Waals surface area contributed by atoms with Gasteiger partial charge in [-0.3, -0.25) is 4.90 Å². The fourth-order valence-corrected chi connectivity index (χ4v) is 5.48. The fourth-order valence-electron chi connectivity index (χ4n) is 4.78. The van der Waals surface area contributed by atoms with Crippen LogP contribution in [0, 0.1) is 0 Å². The molecule has 0 saturated heterocycles. The smallest absolute Gasteiger partial charge is 0.343 e. The molecule has 0 N–H and O–H groups in total. The maximum atomic E-state index is 12.9. The van der Waals surface area contributed by atoms with Crippen LogP contribution in [0.15, 0.2) is 16.6 Å². The number of benzene rings is 2. The largest absolute Gasteiger partial charge is 0.493 e. The Morgan fingerprint density at radius 3 is 2.39 bits per heavy atom. The zero-order valence-electron chi connectivity index (χ0n) is 19.6. The molecule has 0 aliphatic carbocycles. The van der Waals surface area contributed by atoms with Crippen LogP contribution in [-0.2, 0) is 11.2 Å². The first-order chi connectivity index (χ1) is 16.0.